The van der Waals surface area contributed by atoms with Gasteiger partial charge in [-0.15, -0.1) is 0 Å². The summed E-state index contributed by atoms with van der Waals surface area (Å²) >= 11 is 1.18. The van der Waals surface area contributed by atoms with Crippen molar-refractivity contribution in [2.24, 2.45) is 0 Å². The zero-order valence-electron chi connectivity index (χ0n) is 12.3. The second-order valence-electron chi connectivity index (χ2n) is 5.99. The molecule has 0 aliphatic rings. The predicted octanol–water partition coefficient (Wildman–Crippen LogP) is 2.93. The monoisotopic (exact) mass is 293 g/mol. The lowest BCUT2D eigenvalue weighted by atomic mass is 9.96. The first-order valence-corrected chi connectivity index (χ1v) is 7.25. The van der Waals surface area contributed by atoms with Crippen molar-refractivity contribution in [2.75, 3.05) is 5.32 Å². The average molecular weight is 293 g/mol. The summed E-state index contributed by atoms with van der Waals surface area (Å²) in [6, 6.07) is 1.76. The number of anilines is 1. The Kier molecular flexibility index (Phi) is 3.89. The van der Waals surface area contributed by atoms with Crippen LogP contribution in [0.4, 0.5) is 5.13 Å². The van der Waals surface area contributed by atoms with E-state index in [0.29, 0.717) is 16.7 Å². The molecule has 6 nitrogen and oxygen atoms in total. The van der Waals surface area contributed by atoms with Crippen LogP contribution in [0.15, 0.2) is 6.07 Å². The van der Waals surface area contributed by atoms with E-state index in [1.54, 1.807) is 6.07 Å². The fourth-order valence-corrected chi connectivity index (χ4v) is 2.24. The first-order chi connectivity index (χ1) is 9.27. The lowest BCUT2D eigenvalue weighted by molar-refractivity contribution is 0.102. The van der Waals surface area contributed by atoms with Crippen molar-refractivity contribution in [2.45, 2.75) is 46.0 Å². The molecule has 0 spiro atoms. The Morgan fingerprint density at radius 1 is 1.40 bits per heavy atom. The maximum absolute atomic E-state index is 12.1. The highest BCUT2D eigenvalue weighted by atomic mass is 32.1. The number of amides is 1. The van der Waals surface area contributed by atoms with E-state index in [9.17, 15) is 4.79 Å². The molecule has 0 aliphatic carbocycles. The standard InChI is InChI=1S/C13H19N5OS/c1-7(2)8-6-9(17-16-8)10(19)14-12-15-11(18-20-12)13(3,4)5/h6-7H,1-5H3,(H,16,17)(H,14,15,18,19). The van der Waals surface area contributed by atoms with E-state index in [0.717, 1.165) is 11.5 Å². The van der Waals surface area contributed by atoms with Gasteiger partial charge in [-0.05, 0) is 12.0 Å². The van der Waals surface area contributed by atoms with E-state index < -0.39 is 0 Å². The first-order valence-electron chi connectivity index (χ1n) is 6.48. The molecule has 0 atom stereocenters. The Bertz CT molecular complexity index is 608. The summed E-state index contributed by atoms with van der Waals surface area (Å²) in [5, 5.41) is 10.1. The summed E-state index contributed by atoms with van der Waals surface area (Å²) < 4.78 is 4.26. The van der Waals surface area contributed by atoms with Crippen molar-refractivity contribution < 1.29 is 4.79 Å². The van der Waals surface area contributed by atoms with E-state index >= 15 is 0 Å². The molecule has 0 fully saturated rings. The number of carbonyl (C=O) groups is 1. The van der Waals surface area contributed by atoms with Gasteiger partial charge in [-0.1, -0.05) is 34.6 Å². The highest BCUT2D eigenvalue weighted by Crippen LogP contribution is 2.23. The van der Waals surface area contributed by atoms with E-state index in [-0.39, 0.29) is 11.3 Å². The van der Waals surface area contributed by atoms with Crippen LogP contribution < -0.4 is 5.32 Å². The van der Waals surface area contributed by atoms with Gasteiger partial charge in [-0.3, -0.25) is 15.2 Å². The molecule has 7 heteroatoms. The molecular formula is C13H19N5OS. The SMILES string of the molecule is CC(C)c1cc(C(=O)Nc2nc(C(C)(C)C)ns2)n[nH]1. The van der Waals surface area contributed by atoms with E-state index in [1.807, 2.05) is 34.6 Å². The molecular weight excluding hydrogens is 274 g/mol. The molecule has 1 amide bonds. The number of nitrogens with one attached hydrogen (secondary N) is 2. The summed E-state index contributed by atoms with van der Waals surface area (Å²) in [6.45, 7) is 10.2. The molecule has 2 heterocycles. The van der Waals surface area contributed by atoms with Gasteiger partial charge >= 0.3 is 0 Å². The molecule has 2 aromatic heterocycles. The molecule has 0 saturated carbocycles. The molecule has 0 aromatic carbocycles. The molecule has 0 unspecified atom stereocenters. The van der Waals surface area contributed by atoms with E-state index in [2.05, 4.69) is 24.9 Å². The van der Waals surface area contributed by atoms with Crippen molar-refractivity contribution in [3.63, 3.8) is 0 Å². The maximum atomic E-state index is 12.1. The second-order valence-corrected chi connectivity index (χ2v) is 6.74. The van der Waals surface area contributed by atoms with E-state index in [4.69, 9.17) is 0 Å². The molecule has 0 saturated heterocycles. The van der Waals surface area contributed by atoms with Crippen molar-refractivity contribution in [1.29, 1.82) is 0 Å². The van der Waals surface area contributed by atoms with Crippen LogP contribution >= 0.6 is 11.5 Å². The molecule has 0 aliphatic heterocycles. The quantitative estimate of drug-likeness (QED) is 0.911. The number of hydrogen-bond donors (Lipinski definition) is 2. The molecule has 108 valence electrons. The summed E-state index contributed by atoms with van der Waals surface area (Å²) in [4.78, 5) is 16.4. The summed E-state index contributed by atoms with van der Waals surface area (Å²) in [5.41, 5.74) is 1.17. The third kappa shape index (κ3) is 3.22. The zero-order chi connectivity index (χ0) is 14.9. The van der Waals surface area contributed by atoms with Gasteiger partial charge in [0.25, 0.3) is 5.91 Å². The Balaban J connectivity index is 2.09. The fraction of sp³-hybridized carbons (Fsp3) is 0.538. The van der Waals surface area contributed by atoms with Crippen LogP contribution in [-0.2, 0) is 5.41 Å². The van der Waals surface area contributed by atoms with Gasteiger partial charge in [0.2, 0.25) is 5.13 Å². The van der Waals surface area contributed by atoms with Crippen LogP contribution in [0.1, 0.15) is 62.5 Å². The van der Waals surface area contributed by atoms with Crippen LogP contribution in [0.25, 0.3) is 0 Å². The number of aromatic amines is 1. The predicted molar refractivity (Wildman–Crippen MR) is 79.2 cm³/mol. The van der Waals surface area contributed by atoms with Gasteiger partial charge in [-0.2, -0.15) is 9.47 Å². The van der Waals surface area contributed by atoms with Crippen molar-refractivity contribution in [3.8, 4) is 0 Å². The lowest BCUT2D eigenvalue weighted by Gasteiger charge is -2.12. The topological polar surface area (TPSA) is 83.6 Å². The summed E-state index contributed by atoms with van der Waals surface area (Å²) in [5.74, 6) is 0.755. The Labute approximate surface area is 122 Å². The zero-order valence-corrected chi connectivity index (χ0v) is 13.1. The van der Waals surface area contributed by atoms with Crippen LogP contribution in [0.3, 0.4) is 0 Å². The minimum atomic E-state index is -0.273. The molecule has 2 aromatic rings. The molecule has 0 radical (unpaired) electrons. The minimum Gasteiger partial charge on any atom is -0.295 e. The summed E-state index contributed by atoms with van der Waals surface area (Å²) in [7, 11) is 0. The largest absolute Gasteiger partial charge is 0.295 e. The third-order valence-electron chi connectivity index (χ3n) is 2.77. The number of H-pyrrole nitrogens is 1. The van der Waals surface area contributed by atoms with Gasteiger partial charge in [0.05, 0.1) is 0 Å². The fourth-order valence-electron chi connectivity index (χ4n) is 1.49. The van der Waals surface area contributed by atoms with Crippen molar-refractivity contribution >= 4 is 22.6 Å². The van der Waals surface area contributed by atoms with Crippen molar-refractivity contribution in [3.05, 3.63) is 23.3 Å². The van der Waals surface area contributed by atoms with Gasteiger partial charge in [0.1, 0.15) is 5.82 Å². The van der Waals surface area contributed by atoms with Crippen LogP contribution in [0.5, 0.6) is 0 Å². The highest BCUT2D eigenvalue weighted by Gasteiger charge is 2.21. The van der Waals surface area contributed by atoms with Crippen LogP contribution in [-0.4, -0.2) is 25.5 Å². The van der Waals surface area contributed by atoms with Crippen molar-refractivity contribution in [1.82, 2.24) is 19.6 Å². The smallest absolute Gasteiger partial charge is 0.277 e. The van der Waals surface area contributed by atoms with Gasteiger partial charge in [0.15, 0.2) is 5.69 Å². The molecule has 2 N–H and O–H groups in total. The van der Waals surface area contributed by atoms with Gasteiger partial charge in [0, 0.05) is 22.6 Å². The van der Waals surface area contributed by atoms with Gasteiger partial charge < -0.3 is 0 Å². The van der Waals surface area contributed by atoms with E-state index in [1.165, 1.54) is 11.5 Å². The minimum absolute atomic E-state index is 0.128. The number of nitrogens with zero attached hydrogens (tertiary/aromatic N) is 3. The third-order valence-corrected chi connectivity index (χ3v) is 3.40. The number of carbonyl (C=O) groups excluding carboxylic acids is 1. The second kappa shape index (κ2) is 5.32. The number of hydrogen-bond acceptors (Lipinski definition) is 5. The van der Waals surface area contributed by atoms with Crippen LogP contribution in [0, 0.1) is 0 Å². The van der Waals surface area contributed by atoms with Gasteiger partial charge in [-0.25, -0.2) is 4.98 Å². The number of rotatable bonds is 3. The van der Waals surface area contributed by atoms with Crippen LogP contribution in [0.2, 0.25) is 0 Å². The summed E-state index contributed by atoms with van der Waals surface area (Å²) in [6.07, 6.45) is 0. The number of aromatic nitrogens is 4. The molecule has 0 bridgehead atoms. The Hall–Kier alpha value is -1.76. The molecule has 20 heavy (non-hydrogen) atoms. The maximum Gasteiger partial charge on any atom is 0.277 e. The Morgan fingerprint density at radius 3 is 2.60 bits per heavy atom. The molecule has 2 rings (SSSR count). The first kappa shape index (κ1) is 14.6. The Morgan fingerprint density at radius 2 is 2.10 bits per heavy atom. The normalized spacial score (nSPS) is 11.9. The average Bonchev–Trinajstić information content (AvgIpc) is 2.95. The highest BCUT2D eigenvalue weighted by molar-refractivity contribution is 7.09. The lowest BCUT2D eigenvalue weighted by Crippen LogP contribution is -2.15.